The topological polar surface area (TPSA) is 92.9 Å². The van der Waals surface area contributed by atoms with Gasteiger partial charge in [-0.05, 0) is 23.8 Å². The van der Waals surface area contributed by atoms with Crippen LogP contribution in [0.3, 0.4) is 0 Å². The molecule has 1 aliphatic heterocycles. The minimum atomic E-state index is -1.28. The molecule has 1 atom stereocenters. The van der Waals surface area contributed by atoms with Crippen LogP contribution in [0.2, 0.25) is 5.02 Å². The number of non-ortho nitro benzene ring substituents is 1. The number of amides is 1. The Labute approximate surface area is 183 Å². The third-order valence-electron chi connectivity index (χ3n) is 5.27. The minimum Gasteiger partial charge on any atom is -0.394 e. The van der Waals surface area contributed by atoms with Crippen molar-refractivity contribution in [2.75, 3.05) is 13.2 Å². The Kier molecular flexibility index (Phi) is 5.73. The Hall–Kier alpha value is -3.26. The van der Waals surface area contributed by atoms with Crippen molar-refractivity contribution in [2.24, 2.45) is 0 Å². The maximum atomic E-state index is 13.4. The second kappa shape index (κ2) is 8.47. The molecule has 7 nitrogen and oxygen atoms in total. The van der Waals surface area contributed by atoms with Crippen LogP contribution in [0.25, 0.3) is 0 Å². The lowest BCUT2D eigenvalue weighted by molar-refractivity contribution is -0.384. The molecule has 0 radical (unpaired) electrons. The van der Waals surface area contributed by atoms with Gasteiger partial charge in [-0.2, -0.15) is 0 Å². The van der Waals surface area contributed by atoms with Gasteiger partial charge < -0.3 is 9.84 Å². The van der Waals surface area contributed by atoms with E-state index in [1.807, 2.05) is 12.1 Å². The van der Waals surface area contributed by atoms with Crippen molar-refractivity contribution < 1.29 is 19.6 Å². The van der Waals surface area contributed by atoms with Gasteiger partial charge in [-0.15, -0.1) is 0 Å². The Morgan fingerprint density at radius 2 is 1.71 bits per heavy atom. The maximum absolute atomic E-state index is 13.4. The number of nitro groups is 1. The highest BCUT2D eigenvalue weighted by atomic mass is 35.5. The first-order valence-corrected chi connectivity index (χ1v) is 10.0. The van der Waals surface area contributed by atoms with Crippen LogP contribution >= 0.6 is 11.6 Å². The van der Waals surface area contributed by atoms with Gasteiger partial charge in [-0.1, -0.05) is 54.1 Å². The number of carbonyl (C=O) groups is 1. The number of hydrogen-bond acceptors (Lipinski definition) is 5. The average molecular weight is 439 g/mol. The second-order valence-corrected chi connectivity index (χ2v) is 7.52. The predicted octanol–water partition coefficient (Wildman–Crippen LogP) is 4.11. The molecule has 1 heterocycles. The number of nitro benzene ring substituents is 1. The number of aliphatic hydroxyl groups excluding tert-OH is 1. The number of benzene rings is 3. The lowest BCUT2D eigenvalue weighted by Gasteiger charge is -2.39. The molecule has 1 aliphatic rings. The van der Waals surface area contributed by atoms with Gasteiger partial charge in [0.25, 0.3) is 11.6 Å². The molecule has 0 aromatic heterocycles. The van der Waals surface area contributed by atoms with E-state index in [2.05, 4.69) is 0 Å². The van der Waals surface area contributed by atoms with Crippen LogP contribution in [0.5, 0.6) is 0 Å². The van der Waals surface area contributed by atoms with Gasteiger partial charge in [0.2, 0.25) is 0 Å². The largest absolute Gasteiger partial charge is 0.394 e. The Morgan fingerprint density at radius 3 is 2.35 bits per heavy atom. The fraction of sp³-hybridized carbons (Fsp3) is 0.174. The zero-order chi connectivity index (χ0) is 22.0. The standard InChI is InChI=1S/C23H19ClN2O5/c24-18-9-7-17(8-10-18)23(31-14-13-27)21-4-2-1-3-20(21)22(28)25(23)15-16-5-11-19(12-6-16)26(29)30/h1-12,27H,13-15H2. The van der Waals surface area contributed by atoms with Crippen molar-refractivity contribution >= 4 is 23.2 Å². The molecule has 0 fully saturated rings. The van der Waals surface area contributed by atoms with Crippen molar-refractivity contribution in [3.8, 4) is 0 Å². The highest BCUT2D eigenvalue weighted by molar-refractivity contribution is 6.30. The van der Waals surface area contributed by atoms with E-state index < -0.39 is 10.6 Å². The first-order valence-electron chi connectivity index (χ1n) is 9.63. The number of rotatable bonds is 7. The molecule has 3 aromatic carbocycles. The summed E-state index contributed by atoms with van der Waals surface area (Å²) < 4.78 is 6.21. The van der Waals surface area contributed by atoms with Crippen molar-refractivity contribution in [3.63, 3.8) is 0 Å². The first-order chi connectivity index (χ1) is 15.0. The molecule has 0 aliphatic carbocycles. The first kappa shape index (κ1) is 21.0. The van der Waals surface area contributed by atoms with Crippen molar-refractivity contribution in [1.29, 1.82) is 0 Å². The van der Waals surface area contributed by atoms with Gasteiger partial charge in [-0.3, -0.25) is 19.8 Å². The highest BCUT2D eigenvalue weighted by Crippen LogP contribution is 2.46. The Morgan fingerprint density at radius 1 is 1.03 bits per heavy atom. The van der Waals surface area contributed by atoms with E-state index in [-0.39, 0.29) is 31.4 Å². The normalized spacial score (nSPS) is 17.6. The van der Waals surface area contributed by atoms with Crippen LogP contribution < -0.4 is 0 Å². The van der Waals surface area contributed by atoms with Crippen molar-refractivity contribution in [1.82, 2.24) is 4.90 Å². The lowest BCUT2D eigenvalue weighted by Crippen LogP contribution is -2.47. The number of ether oxygens (including phenoxy) is 1. The summed E-state index contributed by atoms with van der Waals surface area (Å²) in [6, 6.07) is 20.2. The van der Waals surface area contributed by atoms with Crippen LogP contribution in [0.15, 0.2) is 72.8 Å². The summed E-state index contributed by atoms with van der Waals surface area (Å²) in [5.41, 5.74) is 1.25. The van der Waals surface area contributed by atoms with Gasteiger partial charge in [0.15, 0.2) is 5.72 Å². The zero-order valence-corrected chi connectivity index (χ0v) is 17.2. The molecule has 158 valence electrons. The van der Waals surface area contributed by atoms with Crippen LogP contribution in [0.4, 0.5) is 5.69 Å². The van der Waals surface area contributed by atoms with Crippen LogP contribution in [0.1, 0.15) is 27.0 Å². The number of fused-ring (bicyclic) bond motifs is 1. The molecule has 1 unspecified atom stereocenters. The summed E-state index contributed by atoms with van der Waals surface area (Å²) in [5, 5.41) is 21.0. The van der Waals surface area contributed by atoms with E-state index in [4.69, 9.17) is 16.3 Å². The predicted molar refractivity (Wildman–Crippen MR) is 115 cm³/mol. The summed E-state index contributed by atoms with van der Waals surface area (Å²) in [6.07, 6.45) is 0. The number of carbonyl (C=O) groups excluding carboxylic acids is 1. The van der Waals surface area contributed by atoms with E-state index in [1.54, 1.807) is 53.4 Å². The molecule has 0 saturated heterocycles. The molecule has 3 aromatic rings. The molecule has 0 saturated carbocycles. The summed E-state index contributed by atoms with van der Waals surface area (Å²) in [5.74, 6) is -0.234. The number of hydrogen-bond donors (Lipinski definition) is 1. The quantitative estimate of drug-likeness (QED) is 0.442. The van der Waals surface area contributed by atoms with E-state index in [0.29, 0.717) is 27.3 Å². The maximum Gasteiger partial charge on any atom is 0.269 e. The Bertz CT molecular complexity index is 1120. The summed E-state index contributed by atoms with van der Waals surface area (Å²) in [6.45, 7) is -0.0718. The molecule has 1 amide bonds. The van der Waals surface area contributed by atoms with Gasteiger partial charge >= 0.3 is 0 Å². The molecule has 1 N–H and O–H groups in total. The lowest BCUT2D eigenvalue weighted by atomic mass is 9.93. The smallest absolute Gasteiger partial charge is 0.269 e. The van der Waals surface area contributed by atoms with Crippen LogP contribution in [-0.4, -0.2) is 34.1 Å². The van der Waals surface area contributed by atoms with E-state index in [1.165, 1.54) is 12.1 Å². The molecule has 8 heteroatoms. The molecule has 0 bridgehead atoms. The second-order valence-electron chi connectivity index (χ2n) is 7.08. The van der Waals surface area contributed by atoms with E-state index in [0.717, 1.165) is 0 Å². The van der Waals surface area contributed by atoms with Crippen LogP contribution in [-0.2, 0) is 17.0 Å². The molecule has 4 rings (SSSR count). The molecular formula is C23H19ClN2O5. The third-order valence-corrected chi connectivity index (χ3v) is 5.53. The average Bonchev–Trinajstić information content (AvgIpc) is 3.02. The zero-order valence-electron chi connectivity index (χ0n) is 16.4. The SMILES string of the molecule is O=C1c2ccccc2C(OCCO)(c2ccc(Cl)cc2)N1Cc1ccc([N+](=O)[O-])cc1. The van der Waals surface area contributed by atoms with Gasteiger partial charge in [0.1, 0.15) is 0 Å². The number of aliphatic hydroxyl groups is 1. The van der Waals surface area contributed by atoms with Gasteiger partial charge in [0.05, 0.1) is 18.1 Å². The van der Waals surface area contributed by atoms with E-state index >= 15 is 0 Å². The monoisotopic (exact) mass is 438 g/mol. The van der Waals surface area contributed by atoms with E-state index in [9.17, 15) is 20.0 Å². The molecule has 0 spiro atoms. The number of halogens is 1. The van der Waals surface area contributed by atoms with Crippen LogP contribution in [0, 0.1) is 10.1 Å². The third kappa shape index (κ3) is 3.67. The molecule has 31 heavy (non-hydrogen) atoms. The summed E-state index contributed by atoms with van der Waals surface area (Å²) in [4.78, 5) is 25.5. The van der Waals surface area contributed by atoms with Crippen molar-refractivity contribution in [3.05, 3.63) is 110 Å². The fourth-order valence-electron chi connectivity index (χ4n) is 3.91. The van der Waals surface area contributed by atoms with Gasteiger partial charge in [0, 0.05) is 40.4 Å². The number of nitrogens with zero attached hydrogens (tertiary/aromatic N) is 2. The Balaban J connectivity index is 1.85. The van der Waals surface area contributed by atoms with Gasteiger partial charge in [-0.25, -0.2) is 0 Å². The molecular weight excluding hydrogens is 420 g/mol. The summed E-state index contributed by atoms with van der Waals surface area (Å²) >= 11 is 6.09. The summed E-state index contributed by atoms with van der Waals surface area (Å²) in [7, 11) is 0. The highest BCUT2D eigenvalue weighted by Gasteiger charge is 2.52. The van der Waals surface area contributed by atoms with Crippen molar-refractivity contribution in [2.45, 2.75) is 12.3 Å². The minimum absolute atomic E-state index is 0.000994. The fourth-order valence-corrected chi connectivity index (χ4v) is 4.03.